The first-order chi connectivity index (χ1) is 5.74. The van der Waals surface area contributed by atoms with E-state index in [4.69, 9.17) is 11.0 Å². The van der Waals surface area contributed by atoms with Gasteiger partial charge in [0.15, 0.2) is 6.07 Å². The van der Waals surface area contributed by atoms with Gasteiger partial charge in [0.2, 0.25) is 0 Å². The summed E-state index contributed by atoms with van der Waals surface area (Å²) < 4.78 is 0. The SMILES string of the molecule is Cc1cnc(N)c(C#CC#N)c1. The van der Waals surface area contributed by atoms with E-state index in [0.717, 1.165) is 5.56 Å². The summed E-state index contributed by atoms with van der Waals surface area (Å²) in [5.74, 6) is 5.24. The van der Waals surface area contributed by atoms with Crippen LogP contribution < -0.4 is 5.73 Å². The fraction of sp³-hybridized carbons (Fsp3) is 0.111. The summed E-state index contributed by atoms with van der Waals surface area (Å²) >= 11 is 0. The highest BCUT2D eigenvalue weighted by Crippen LogP contribution is 2.07. The molecule has 1 rings (SSSR count). The third-order valence-electron chi connectivity index (χ3n) is 1.31. The monoisotopic (exact) mass is 157 g/mol. The minimum absolute atomic E-state index is 0.364. The highest BCUT2D eigenvalue weighted by atomic mass is 14.8. The van der Waals surface area contributed by atoms with Crippen molar-refractivity contribution in [3.05, 3.63) is 23.4 Å². The second-order valence-corrected chi connectivity index (χ2v) is 2.31. The second-order valence-electron chi connectivity index (χ2n) is 2.31. The average molecular weight is 157 g/mol. The minimum Gasteiger partial charge on any atom is -0.383 e. The molecule has 0 saturated carbocycles. The van der Waals surface area contributed by atoms with E-state index in [0.29, 0.717) is 11.4 Å². The predicted octanol–water partition coefficient (Wildman–Crippen LogP) is 0.847. The summed E-state index contributed by atoms with van der Waals surface area (Å²) in [6.07, 6.45) is 1.66. The van der Waals surface area contributed by atoms with Crippen LogP contribution in [0.5, 0.6) is 0 Å². The summed E-state index contributed by atoms with van der Waals surface area (Å²) in [7, 11) is 0. The van der Waals surface area contributed by atoms with Crippen LogP contribution in [0, 0.1) is 30.1 Å². The number of aromatic nitrogens is 1. The fourth-order valence-electron chi connectivity index (χ4n) is 0.775. The number of pyridine rings is 1. The Balaban J connectivity index is 3.16. The Morgan fingerprint density at radius 3 is 3.00 bits per heavy atom. The van der Waals surface area contributed by atoms with Gasteiger partial charge in [0.25, 0.3) is 0 Å². The molecule has 0 unspecified atom stereocenters. The molecule has 0 aliphatic carbocycles. The van der Waals surface area contributed by atoms with Crippen LogP contribution in [-0.2, 0) is 0 Å². The van der Waals surface area contributed by atoms with E-state index in [1.54, 1.807) is 18.3 Å². The normalized spacial score (nSPS) is 8.00. The molecule has 0 radical (unpaired) electrons. The molecule has 3 heteroatoms. The third kappa shape index (κ3) is 1.74. The van der Waals surface area contributed by atoms with Crippen molar-refractivity contribution in [3.8, 4) is 17.9 Å². The molecule has 0 amide bonds. The van der Waals surface area contributed by atoms with E-state index in [1.165, 1.54) is 0 Å². The maximum Gasteiger partial charge on any atom is 0.152 e. The standard InChI is InChI=1S/C9H7N3/c1-7-5-8(3-2-4-10)9(11)12-6-7/h5-6H,1H3,(H2,11,12). The van der Waals surface area contributed by atoms with Crippen molar-refractivity contribution in [2.24, 2.45) is 0 Å². The second kappa shape index (κ2) is 3.41. The Morgan fingerprint density at radius 1 is 1.58 bits per heavy atom. The van der Waals surface area contributed by atoms with Gasteiger partial charge in [-0.1, -0.05) is 0 Å². The van der Waals surface area contributed by atoms with Crippen LogP contribution >= 0.6 is 0 Å². The molecule has 0 aliphatic heterocycles. The zero-order valence-electron chi connectivity index (χ0n) is 6.63. The Morgan fingerprint density at radius 2 is 2.33 bits per heavy atom. The van der Waals surface area contributed by atoms with Crippen molar-refractivity contribution >= 4 is 5.82 Å². The topological polar surface area (TPSA) is 62.7 Å². The van der Waals surface area contributed by atoms with Gasteiger partial charge in [-0.05, 0) is 24.5 Å². The molecule has 0 bridgehead atoms. The molecule has 0 aromatic carbocycles. The molecule has 3 nitrogen and oxygen atoms in total. The fourth-order valence-corrected chi connectivity index (χ4v) is 0.775. The smallest absolute Gasteiger partial charge is 0.152 e. The summed E-state index contributed by atoms with van der Waals surface area (Å²) in [5, 5.41) is 8.20. The average Bonchev–Trinajstić information content (AvgIpc) is 2.07. The number of nitriles is 1. The Labute approximate surface area is 70.8 Å². The molecule has 1 aromatic rings. The highest BCUT2D eigenvalue weighted by molar-refractivity contribution is 5.52. The summed E-state index contributed by atoms with van der Waals surface area (Å²) in [5.41, 5.74) is 7.09. The number of nitrogens with two attached hydrogens (primary N) is 1. The lowest BCUT2D eigenvalue weighted by Gasteiger charge is -1.96. The van der Waals surface area contributed by atoms with Gasteiger partial charge in [-0.3, -0.25) is 0 Å². The van der Waals surface area contributed by atoms with Crippen LogP contribution in [0.15, 0.2) is 12.3 Å². The van der Waals surface area contributed by atoms with Gasteiger partial charge in [-0.15, -0.1) is 0 Å². The molecule has 0 spiro atoms. The molecule has 0 aliphatic rings. The summed E-state index contributed by atoms with van der Waals surface area (Å²) in [6, 6.07) is 3.52. The van der Waals surface area contributed by atoms with Crippen molar-refractivity contribution in [1.82, 2.24) is 4.98 Å². The van der Waals surface area contributed by atoms with E-state index in [9.17, 15) is 0 Å². The highest BCUT2D eigenvalue weighted by Gasteiger charge is 1.95. The van der Waals surface area contributed by atoms with E-state index in [-0.39, 0.29) is 0 Å². The van der Waals surface area contributed by atoms with Crippen LogP contribution in [0.1, 0.15) is 11.1 Å². The van der Waals surface area contributed by atoms with Crippen LogP contribution in [0.2, 0.25) is 0 Å². The molecular weight excluding hydrogens is 150 g/mol. The molecule has 1 aromatic heterocycles. The molecule has 0 saturated heterocycles. The number of nitrogens with zero attached hydrogens (tertiary/aromatic N) is 2. The van der Waals surface area contributed by atoms with E-state index in [2.05, 4.69) is 16.8 Å². The zero-order chi connectivity index (χ0) is 8.97. The van der Waals surface area contributed by atoms with E-state index >= 15 is 0 Å². The molecule has 1 heterocycles. The molecule has 12 heavy (non-hydrogen) atoms. The van der Waals surface area contributed by atoms with Crippen molar-refractivity contribution in [3.63, 3.8) is 0 Å². The Hall–Kier alpha value is -2.00. The van der Waals surface area contributed by atoms with Gasteiger partial charge in [0.05, 0.1) is 5.56 Å². The molecule has 2 N–H and O–H groups in total. The maximum atomic E-state index is 8.20. The first kappa shape index (κ1) is 8.10. The number of nitrogen functional groups attached to an aromatic ring is 1. The molecule has 58 valence electrons. The third-order valence-corrected chi connectivity index (χ3v) is 1.31. The largest absolute Gasteiger partial charge is 0.383 e. The van der Waals surface area contributed by atoms with Crippen molar-refractivity contribution in [2.45, 2.75) is 6.92 Å². The van der Waals surface area contributed by atoms with E-state index in [1.807, 2.05) is 6.92 Å². The van der Waals surface area contributed by atoms with Gasteiger partial charge >= 0.3 is 0 Å². The Bertz CT molecular complexity index is 390. The number of hydrogen-bond acceptors (Lipinski definition) is 3. The molecule has 0 fully saturated rings. The van der Waals surface area contributed by atoms with Crippen LogP contribution in [-0.4, -0.2) is 4.98 Å². The first-order valence-corrected chi connectivity index (χ1v) is 3.36. The van der Waals surface area contributed by atoms with Crippen molar-refractivity contribution < 1.29 is 0 Å². The lowest BCUT2D eigenvalue weighted by molar-refractivity contribution is 1.26. The van der Waals surface area contributed by atoms with Crippen LogP contribution in [0.25, 0.3) is 0 Å². The molecular formula is C9H7N3. The summed E-state index contributed by atoms with van der Waals surface area (Å²) in [4.78, 5) is 3.90. The van der Waals surface area contributed by atoms with Crippen LogP contribution in [0.3, 0.4) is 0 Å². The van der Waals surface area contributed by atoms with Crippen molar-refractivity contribution in [1.29, 1.82) is 5.26 Å². The van der Waals surface area contributed by atoms with Crippen molar-refractivity contribution in [2.75, 3.05) is 5.73 Å². The molecule has 0 atom stereocenters. The van der Waals surface area contributed by atoms with E-state index < -0.39 is 0 Å². The zero-order valence-corrected chi connectivity index (χ0v) is 6.63. The number of hydrogen-bond donors (Lipinski definition) is 1. The lowest BCUT2D eigenvalue weighted by Crippen LogP contribution is -1.94. The van der Waals surface area contributed by atoms with Gasteiger partial charge in [0, 0.05) is 12.1 Å². The minimum atomic E-state index is 0.364. The number of aryl methyl sites for hydroxylation is 1. The number of rotatable bonds is 0. The van der Waals surface area contributed by atoms with Crippen LogP contribution in [0.4, 0.5) is 5.82 Å². The first-order valence-electron chi connectivity index (χ1n) is 3.36. The van der Waals surface area contributed by atoms with Gasteiger partial charge in [-0.25, -0.2) is 4.98 Å². The summed E-state index contributed by atoms with van der Waals surface area (Å²) in [6.45, 7) is 1.89. The van der Waals surface area contributed by atoms with Gasteiger partial charge in [0.1, 0.15) is 5.82 Å². The lowest BCUT2D eigenvalue weighted by atomic mass is 10.2. The predicted molar refractivity (Wildman–Crippen MR) is 45.9 cm³/mol. The number of anilines is 1. The maximum absolute atomic E-state index is 8.20. The quantitative estimate of drug-likeness (QED) is 0.568. The van der Waals surface area contributed by atoms with Gasteiger partial charge in [-0.2, -0.15) is 5.26 Å². The Kier molecular flexibility index (Phi) is 2.30. The van der Waals surface area contributed by atoms with Gasteiger partial charge < -0.3 is 5.73 Å².